The molecule has 0 aromatic carbocycles. The van der Waals surface area contributed by atoms with Crippen LogP contribution in [0.2, 0.25) is 0 Å². The first kappa shape index (κ1) is 6.35. The van der Waals surface area contributed by atoms with Gasteiger partial charge in [0, 0.05) is 0 Å². The maximum Gasteiger partial charge on any atom is 0.300 e. The van der Waals surface area contributed by atoms with E-state index in [1.807, 2.05) is 0 Å². The molecule has 1 aliphatic rings. The summed E-state index contributed by atoms with van der Waals surface area (Å²) < 4.78 is 4.76. The van der Waals surface area contributed by atoms with E-state index in [0.717, 1.165) is 6.40 Å². The van der Waals surface area contributed by atoms with E-state index in [1.165, 1.54) is 11.8 Å². The zero-order valence-corrected chi connectivity index (χ0v) is 5.43. The fraction of sp³-hybridized carbons (Fsp3) is 0.200. The molecule has 1 aliphatic heterocycles. The molecule has 1 amide bonds. The largest absolute Gasteiger partial charge is 0.459 e. The molecule has 0 fully saturated rings. The molecular weight excluding hydrogens is 138 g/mol. The zero-order chi connectivity index (χ0) is 6.69. The predicted molar refractivity (Wildman–Crippen MR) is 36.2 cm³/mol. The molecular formula is C5H5NO2S. The number of carbonyl (C=O) groups is 1. The summed E-state index contributed by atoms with van der Waals surface area (Å²) in [4.78, 5) is 14.0. The molecule has 0 spiro atoms. The van der Waals surface area contributed by atoms with Crippen molar-refractivity contribution in [2.45, 2.75) is 5.44 Å². The van der Waals surface area contributed by atoms with E-state index in [-0.39, 0.29) is 5.91 Å². The van der Waals surface area contributed by atoms with Gasteiger partial charge >= 0.3 is 5.91 Å². The van der Waals surface area contributed by atoms with Crippen molar-refractivity contribution in [3.63, 3.8) is 0 Å². The van der Waals surface area contributed by atoms with Crippen LogP contribution in [0.15, 0.2) is 17.0 Å². The van der Waals surface area contributed by atoms with Crippen LogP contribution in [0.1, 0.15) is 0 Å². The number of ether oxygens (including phenoxy) is 1. The number of nitrogens with zero attached hydrogens (tertiary/aromatic N) is 1. The van der Waals surface area contributed by atoms with E-state index >= 15 is 0 Å². The SMILES string of the molecule is C=CSC1OC=NC1=O. The lowest BCUT2D eigenvalue weighted by atomic mass is 10.7. The maximum absolute atomic E-state index is 10.6. The van der Waals surface area contributed by atoms with Crippen molar-refractivity contribution < 1.29 is 9.53 Å². The minimum absolute atomic E-state index is 0.250. The van der Waals surface area contributed by atoms with Crippen LogP contribution in [0.4, 0.5) is 0 Å². The summed E-state index contributed by atoms with van der Waals surface area (Å²) in [5.41, 5.74) is -0.484. The zero-order valence-electron chi connectivity index (χ0n) is 4.61. The first-order valence-corrected chi connectivity index (χ1v) is 3.27. The van der Waals surface area contributed by atoms with E-state index in [9.17, 15) is 4.79 Å². The highest BCUT2D eigenvalue weighted by Crippen LogP contribution is 2.16. The Bertz CT molecular complexity index is 166. The Morgan fingerprint density at radius 1 is 2.00 bits per heavy atom. The molecule has 1 atom stereocenters. The molecule has 0 aromatic rings. The lowest BCUT2D eigenvalue weighted by Gasteiger charge is -1.99. The lowest BCUT2D eigenvalue weighted by Crippen LogP contribution is -2.09. The van der Waals surface area contributed by atoms with Crippen LogP contribution in [0.3, 0.4) is 0 Å². The van der Waals surface area contributed by atoms with Gasteiger partial charge in [-0.2, -0.15) is 4.99 Å². The van der Waals surface area contributed by atoms with Crippen molar-refractivity contribution in [2.75, 3.05) is 0 Å². The monoisotopic (exact) mass is 143 g/mol. The van der Waals surface area contributed by atoms with Gasteiger partial charge in [-0.3, -0.25) is 4.79 Å². The number of amides is 1. The summed E-state index contributed by atoms with van der Waals surface area (Å²) in [6, 6.07) is 0. The van der Waals surface area contributed by atoms with Gasteiger partial charge in [-0.1, -0.05) is 18.3 Å². The topological polar surface area (TPSA) is 38.7 Å². The first-order valence-electron chi connectivity index (χ1n) is 2.33. The van der Waals surface area contributed by atoms with E-state index < -0.39 is 5.44 Å². The summed E-state index contributed by atoms with van der Waals surface area (Å²) in [5, 5.41) is 1.55. The molecule has 1 unspecified atom stereocenters. The summed E-state index contributed by atoms with van der Waals surface area (Å²) in [7, 11) is 0. The highest BCUT2D eigenvalue weighted by Gasteiger charge is 2.21. The Hall–Kier alpha value is -0.770. The van der Waals surface area contributed by atoms with Crippen LogP contribution in [0.5, 0.6) is 0 Å². The molecule has 48 valence electrons. The quantitative estimate of drug-likeness (QED) is 0.573. The van der Waals surface area contributed by atoms with E-state index in [2.05, 4.69) is 11.6 Å². The number of hydrogen-bond acceptors (Lipinski definition) is 3. The summed E-state index contributed by atoms with van der Waals surface area (Å²) in [5.74, 6) is -0.250. The van der Waals surface area contributed by atoms with Gasteiger partial charge in [-0.15, -0.1) is 0 Å². The van der Waals surface area contributed by atoms with Gasteiger partial charge in [0.15, 0.2) is 6.40 Å². The fourth-order valence-corrected chi connectivity index (χ4v) is 0.900. The van der Waals surface area contributed by atoms with Crippen LogP contribution in [-0.2, 0) is 9.53 Å². The average molecular weight is 143 g/mol. The van der Waals surface area contributed by atoms with Crippen LogP contribution in [-0.4, -0.2) is 17.7 Å². The van der Waals surface area contributed by atoms with Crippen molar-refractivity contribution in [3.8, 4) is 0 Å². The normalized spacial score (nSPS) is 24.0. The molecule has 1 heterocycles. The van der Waals surface area contributed by atoms with E-state index in [1.54, 1.807) is 5.41 Å². The maximum atomic E-state index is 10.6. The Labute approximate surface area is 56.8 Å². The number of thioether (sulfide) groups is 1. The van der Waals surface area contributed by atoms with Crippen molar-refractivity contribution in [1.29, 1.82) is 0 Å². The second-order valence-corrected chi connectivity index (χ2v) is 2.38. The highest BCUT2D eigenvalue weighted by molar-refractivity contribution is 8.03. The van der Waals surface area contributed by atoms with Crippen LogP contribution in [0, 0.1) is 0 Å². The molecule has 0 N–H and O–H groups in total. The fourth-order valence-electron chi connectivity index (χ4n) is 0.434. The van der Waals surface area contributed by atoms with Gasteiger partial charge in [-0.05, 0) is 5.41 Å². The summed E-state index contributed by atoms with van der Waals surface area (Å²) in [6.45, 7) is 3.43. The van der Waals surface area contributed by atoms with Crippen molar-refractivity contribution >= 4 is 24.1 Å². The second-order valence-electron chi connectivity index (χ2n) is 1.34. The van der Waals surface area contributed by atoms with E-state index in [4.69, 9.17) is 4.74 Å². The molecule has 4 heteroatoms. The minimum atomic E-state index is -0.484. The summed E-state index contributed by atoms with van der Waals surface area (Å²) >= 11 is 1.21. The van der Waals surface area contributed by atoms with Crippen LogP contribution < -0.4 is 0 Å². The van der Waals surface area contributed by atoms with Crippen molar-refractivity contribution in [3.05, 3.63) is 12.0 Å². The third kappa shape index (κ3) is 1.32. The van der Waals surface area contributed by atoms with Gasteiger partial charge in [0.1, 0.15) is 0 Å². The molecule has 0 radical (unpaired) electrons. The van der Waals surface area contributed by atoms with Gasteiger partial charge in [-0.25, -0.2) is 0 Å². The number of carbonyl (C=O) groups excluding carboxylic acids is 1. The smallest absolute Gasteiger partial charge is 0.300 e. The molecule has 3 nitrogen and oxygen atoms in total. The number of aliphatic imine (C=N–C) groups is 1. The summed E-state index contributed by atoms with van der Waals surface area (Å²) in [6.07, 6.45) is 1.16. The highest BCUT2D eigenvalue weighted by atomic mass is 32.2. The van der Waals surface area contributed by atoms with Crippen LogP contribution >= 0.6 is 11.8 Å². The second kappa shape index (κ2) is 2.68. The molecule has 0 aliphatic carbocycles. The molecule has 0 saturated heterocycles. The van der Waals surface area contributed by atoms with Gasteiger partial charge < -0.3 is 4.74 Å². The molecule has 1 rings (SSSR count). The molecule has 0 saturated carbocycles. The third-order valence-corrected chi connectivity index (χ3v) is 1.54. The minimum Gasteiger partial charge on any atom is -0.459 e. The standard InChI is InChI=1S/C5H5NO2S/c1-2-9-5-4(7)6-3-8-5/h2-3,5H,1H2. The Morgan fingerprint density at radius 3 is 3.22 bits per heavy atom. The Balaban J connectivity index is 2.45. The van der Waals surface area contributed by atoms with Gasteiger partial charge in [0.2, 0.25) is 5.44 Å². The third-order valence-electron chi connectivity index (χ3n) is 0.786. The van der Waals surface area contributed by atoms with Crippen molar-refractivity contribution in [1.82, 2.24) is 0 Å². The predicted octanol–water partition coefficient (Wildman–Crippen LogP) is 0.774. The van der Waals surface area contributed by atoms with E-state index in [0.29, 0.717) is 0 Å². The molecule has 9 heavy (non-hydrogen) atoms. The average Bonchev–Trinajstić information content (AvgIpc) is 2.18. The Morgan fingerprint density at radius 2 is 2.78 bits per heavy atom. The Kier molecular flexibility index (Phi) is 1.89. The molecule has 0 bridgehead atoms. The number of hydrogen-bond donors (Lipinski definition) is 0. The first-order chi connectivity index (χ1) is 4.34. The van der Waals surface area contributed by atoms with Gasteiger partial charge in [0.05, 0.1) is 0 Å². The number of rotatable bonds is 2. The van der Waals surface area contributed by atoms with Gasteiger partial charge in [0.25, 0.3) is 0 Å². The van der Waals surface area contributed by atoms with Crippen LogP contribution in [0.25, 0.3) is 0 Å². The van der Waals surface area contributed by atoms with Crippen molar-refractivity contribution in [2.24, 2.45) is 4.99 Å². The lowest BCUT2D eigenvalue weighted by molar-refractivity contribution is -0.119. The molecule has 0 aromatic heterocycles.